The average molecular weight is 327 g/mol. The molecule has 0 unspecified atom stereocenters. The summed E-state index contributed by atoms with van der Waals surface area (Å²) in [6.07, 6.45) is 0. The molecule has 1 atom stereocenters. The van der Waals surface area contributed by atoms with Gasteiger partial charge in [-0.1, -0.05) is 81.4 Å². The van der Waals surface area contributed by atoms with Crippen molar-refractivity contribution in [1.29, 1.82) is 0 Å². The smallest absolute Gasteiger partial charge is 0.254 e. The van der Waals surface area contributed by atoms with E-state index in [0.717, 1.165) is 10.6 Å². The maximum Gasteiger partial charge on any atom is 0.254 e. The van der Waals surface area contributed by atoms with Gasteiger partial charge in [0.05, 0.1) is 6.04 Å². The minimum Gasteiger partial charge on any atom is -0.473 e. The molecule has 0 saturated heterocycles. The van der Waals surface area contributed by atoms with Crippen molar-refractivity contribution in [3.05, 3.63) is 60.7 Å². The Bertz CT molecular complexity index is 704. The number of ether oxygens (including phenoxy) is 1. The monoisotopic (exact) mass is 327 g/mol. The van der Waals surface area contributed by atoms with Crippen LogP contribution in [0.5, 0.6) is 0 Å². The fourth-order valence-corrected chi connectivity index (χ4v) is 5.11. The summed E-state index contributed by atoms with van der Waals surface area (Å²) in [4.78, 5) is 4.72. The van der Waals surface area contributed by atoms with Crippen LogP contribution in [0.4, 0.5) is 0 Å². The fraction of sp³-hybridized carbons (Fsp3) is 0.316. The van der Waals surface area contributed by atoms with Gasteiger partial charge in [0.25, 0.3) is 5.64 Å². The van der Waals surface area contributed by atoms with Crippen LogP contribution in [0.25, 0.3) is 0 Å². The average Bonchev–Trinajstić information content (AvgIpc) is 3.06. The molecular formula is C19H22NO2P. The Morgan fingerprint density at radius 2 is 1.43 bits per heavy atom. The van der Waals surface area contributed by atoms with Crippen molar-refractivity contribution in [2.45, 2.75) is 26.8 Å². The molecule has 0 N–H and O–H groups in total. The second-order valence-electron chi connectivity index (χ2n) is 6.88. The summed E-state index contributed by atoms with van der Waals surface area (Å²) in [5.41, 5.74) is 0.370. The van der Waals surface area contributed by atoms with Gasteiger partial charge in [-0.25, -0.2) is 4.99 Å². The summed E-state index contributed by atoms with van der Waals surface area (Å²) < 4.78 is 19.9. The van der Waals surface area contributed by atoms with E-state index >= 15 is 0 Å². The Kier molecular flexibility index (Phi) is 4.16. The zero-order valence-corrected chi connectivity index (χ0v) is 14.7. The number of benzene rings is 2. The standard InChI is InChI=1S/C19H22NO2P/c1-19(2,3)17-14-22-18(20-17)23(21,15-10-6-4-7-11-15)16-12-8-5-9-13-16/h4-13,17H,14H2,1-3H3/t17-/m1/s1. The van der Waals surface area contributed by atoms with E-state index in [1.54, 1.807) is 0 Å². The lowest BCUT2D eigenvalue weighted by atomic mass is 9.88. The summed E-state index contributed by atoms with van der Waals surface area (Å²) >= 11 is 0. The first-order chi connectivity index (χ1) is 10.9. The second-order valence-corrected chi connectivity index (χ2v) is 9.52. The highest BCUT2D eigenvalue weighted by Gasteiger charge is 2.41. The number of aliphatic imine (C=N–C) groups is 1. The number of nitrogens with zero attached hydrogens (tertiary/aromatic N) is 1. The van der Waals surface area contributed by atoms with Crippen LogP contribution in [0, 0.1) is 5.41 Å². The van der Waals surface area contributed by atoms with Gasteiger partial charge in [-0.3, -0.25) is 0 Å². The van der Waals surface area contributed by atoms with E-state index in [4.69, 9.17) is 9.73 Å². The Morgan fingerprint density at radius 3 is 1.83 bits per heavy atom. The van der Waals surface area contributed by atoms with Gasteiger partial charge in [0.1, 0.15) is 6.61 Å². The van der Waals surface area contributed by atoms with Crippen LogP contribution in [0.2, 0.25) is 0 Å². The quantitative estimate of drug-likeness (QED) is 0.804. The molecule has 1 aliphatic heterocycles. The van der Waals surface area contributed by atoms with Gasteiger partial charge < -0.3 is 9.30 Å². The Hall–Kier alpha value is -1.86. The third kappa shape index (κ3) is 2.98. The summed E-state index contributed by atoms with van der Waals surface area (Å²) in [6, 6.07) is 19.1. The van der Waals surface area contributed by atoms with Crippen LogP contribution in [0.3, 0.4) is 0 Å². The molecule has 0 bridgehead atoms. The number of hydrogen-bond acceptors (Lipinski definition) is 3. The van der Waals surface area contributed by atoms with Gasteiger partial charge in [0.2, 0.25) is 7.14 Å². The first-order valence-electron chi connectivity index (χ1n) is 7.85. The van der Waals surface area contributed by atoms with Gasteiger partial charge in [0.15, 0.2) is 0 Å². The lowest BCUT2D eigenvalue weighted by molar-refractivity contribution is 0.237. The summed E-state index contributed by atoms with van der Waals surface area (Å²) in [6.45, 7) is 6.87. The maximum atomic E-state index is 14.0. The van der Waals surface area contributed by atoms with Gasteiger partial charge >= 0.3 is 0 Å². The van der Waals surface area contributed by atoms with E-state index in [0.29, 0.717) is 12.2 Å². The lowest BCUT2D eigenvalue weighted by Gasteiger charge is -2.21. The molecule has 0 amide bonds. The molecule has 1 heterocycles. The van der Waals surface area contributed by atoms with E-state index in [2.05, 4.69) is 20.8 Å². The van der Waals surface area contributed by atoms with Gasteiger partial charge in [-0.05, 0) is 5.41 Å². The van der Waals surface area contributed by atoms with Gasteiger partial charge in [0, 0.05) is 10.6 Å². The minimum absolute atomic E-state index is 0.0139. The lowest BCUT2D eigenvalue weighted by Crippen LogP contribution is -2.25. The highest BCUT2D eigenvalue weighted by Crippen LogP contribution is 2.48. The van der Waals surface area contributed by atoms with Crippen LogP contribution in [0.15, 0.2) is 65.7 Å². The molecule has 0 aromatic heterocycles. The van der Waals surface area contributed by atoms with E-state index in [-0.39, 0.29) is 11.5 Å². The van der Waals surface area contributed by atoms with Crippen molar-refractivity contribution in [3.63, 3.8) is 0 Å². The van der Waals surface area contributed by atoms with E-state index in [1.807, 2.05) is 60.7 Å². The zero-order valence-electron chi connectivity index (χ0n) is 13.8. The number of rotatable bonds is 3. The minimum atomic E-state index is -3.05. The molecule has 4 heteroatoms. The van der Waals surface area contributed by atoms with Crippen LogP contribution in [-0.4, -0.2) is 18.3 Å². The highest BCUT2D eigenvalue weighted by atomic mass is 31.2. The first kappa shape index (κ1) is 16.0. The third-order valence-electron chi connectivity index (χ3n) is 4.15. The maximum absolute atomic E-state index is 14.0. The summed E-state index contributed by atoms with van der Waals surface area (Å²) in [7, 11) is -3.05. The van der Waals surface area contributed by atoms with Crippen molar-refractivity contribution in [2.75, 3.05) is 6.61 Å². The molecule has 0 fully saturated rings. The van der Waals surface area contributed by atoms with Crippen molar-refractivity contribution in [1.82, 2.24) is 0 Å². The molecule has 3 nitrogen and oxygen atoms in total. The van der Waals surface area contributed by atoms with Crippen molar-refractivity contribution >= 4 is 23.4 Å². The molecule has 120 valence electrons. The van der Waals surface area contributed by atoms with Crippen molar-refractivity contribution in [2.24, 2.45) is 10.4 Å². The van der Waals surface area contributed by atoms with Gasteiger partial charge in [-0.15, -0.1) is 0 Å². The van der Waals surface area contributed by atoms with Crippen molar-refractivity contribution < 1.29 is 9.30 Å². The molecule has 1 aliphatic rings. The van der Waals surface area contributed by atoms with Crippen LogP contribution in [-0.2, 0) is 9.30 Å². The van der Waals surface area contributed by atoms with Crippen molar-refractivity contribution in [3.8, 4) is 0 Å². The van der Waals surface area contributed by atoms with Gasteiger partial charge in [-0.2, -0.15) is 0 Å². The molecule has 2 aromatic carbocycles. The van der Waals surface area contributed by atoms with E-state index < -0.39 is 7.14 Å². The molecule has 0 radical (unpaired) electrons. The van der Waals surface area contributed by atoms with Crippen LogP contribution >= 0.6 is 7.14 Å². The first-order valence-corrected chi connectivity index (χ1v) is 9.55. The third-order valence-corrected chi connectivity index (χ3v) is 6.98. The SMILES string of the molecule is CC(C)(C)[C@H]1COC(P(=O)(c2ccccc2)c2ccccc2)=N1. The van der Waals surface area contributed by atoms with E-state index in [9.17, 15) is 4.57 Å². The molecule has 0 saturated carbocycles. The van der Waals surface area contributed by atoms with Crippen LogP contribution in [0.1, 0.15) is 20.8 Å². The Labute approximate surface area is 137 Å². The number of hydrogen-bond donors (Lipinski definition) is 0. The molecule has 3 rings (SSSR count). The molecule has 0 spiro atoms. The zero-order chi connectivity index (χ0) is 16.5. The predicted molar refractivity (Wildman–Crippen MR) is 96.4 cm³/mol. The topological polar surface area (TPSA) is 38.7 Å². The second kappa shape index (κ2) is 5.98. The molecule has 2 aromatic rings. The largest absolute Gasteiger partial charge is 0.473 e. The Morgan fingerprint density at radius 1 is 0.957 bits per heavy atom. The normalized spacial score (nSPS) is 18.4. The van der Waals surface area contributed by atoms with Crippen LogP contribution < -0.4 is 10.6 Å². The molecular weight excluding hydrogens is 305 g/mol. The predicted octanol–water partition coefficient (Wildman–Crippen LogP) is 3.80. The summed E-state index contributed by atoms with van der Waals surface area (Å²) in [5, 5.41) is 1.53. The highest BCUT2D eigenvalue weighted by molar-refractivity contribution is 7.92. The fourth-order valence-electron chi connectivity index (χ4n) is 2.62. The van der Waals surface area contributed by atoms with E-state index in [1.165, 1.54) is 0 Å². The summed E-state index contributed by atoms with van der Waals surface area (Å²) in [5.74, 6) is 0. The molecule has 23 heavy (non-hydrogen) atoms. The molecule has 0 aliphatic carbocycles. The Balaban J connectivity index is 2.14.